The molecule has 4 N–H and O–H groups in total. The summed E-state index contributed by atoms with van der Waals surface area (Å²) in [5.41, 5.74) is 5.16. The molecule has 30 heavy (non-hydrogen) atoms. The van der Waals surface area contributed by atoms with Crippen molar-refractivity contribution in [1.82, 2.24) is 0 Å². The van der Waals surface area contributed by atoms with Crippen molar-refractivity contribution in [3.05, 3.63) is 12.2 Å². The van der Waals surface area contributed by atoms with Crippen molar-refractivity contribution >= 4 is 13.8 Å². The fourth-order valence-corrected chi connectivity index (χ4v) is 3.45. The number of esters is 1. The maximum absolute atomic E-state index is 11.7. The van der Waals surface area contributed by atoms with Crippen LogP contribution in [0.3, 0.4) is 0 Å². The van der Waals surface area contributed by atoms with E-state index in [1.165, 1.54) is 38.5 Å². The fraction of sp³-hybridized carbons (Fsp3) is 0.857. The van der Waals surface area contributed by atoms with Gasteiger partial charge in [0.15, 0.2) is 0 Å². The van der Waals surface area contributed by atoms with Crippen LogP contribution in [0.15, 0.2) is 12.2 Å². The van der Waals surface area contributed by atoms with Gasteiger partial charge in [-0.1, -0.05) is 57.6 Å². The first kappa shape index (κ1) is 29.2. The largest absolute Gasteiger partial charge is 0.472 e. The fourth-order valence-electron chi connectivity index (χ4n) is 2.68. The van der Waals surface area contributed by atoms with Gasteiger partial charge in [-0.05, 0) is 32.1 Å². The minimum absolute atomic E-state index is 0.0737. The molecule has 0 rings (SSSR count). The number of unbranched alkanes of at least 4 members (excludes halogenated alkanes) is 9. The van der Waals surface area contributed by atoms with Crippen LogP contribution in [0.25, 0.3) is 0 Å². The first-order chi connectivity index (χ1) is 14.4. The van der Waals surface area contributed by atoms with Crippen LogP contribution in [-0.4, -0.2) is 48.4 Å². The zero-order valence-corrected chi connectivity index (χ0v) is 19.4. The molecule has 0 saturated carbocycles. The van der Waals surface area contributed by atoms with Gasteiger partial charge in [0.2, 0.25) is 0 Å². The van der Waals surface area contributed by atoms with Crippen LogP contribution in [0, 0.1) is 0 Å². The number of carbonyl (C=O) groups excluding carboxylic acids is 1. The number of phosphoric ester groups is 1. The standard InChI is InChI=1S/C21H42NO7P/c1-2-3-4-5-6-7-8-9-10-11-12-13-14-15-21(24)27-18-20(23)19-29-30(25,26)28-17-16-22/h7-8,20,23H,2-6,9-19,22H2,1H3,(H,25,26). The summed E-state index contributed by atoms with van der Waals surface area (Å²) in [6, 6.07) is 0. The van der Waals surface area contributed by atoms with Crippen molar-refractivity contribution < 1.29 is 33.1 Å². The third kappa shape index (κ3) is 20.5. The molecule has 0 aromatic carbocycles. The van der Waals surface area contributed by atoms with Crippen LogP contribution in [0.2, 0.25) is 0 Å². The van der Waals surface area contributed by atoms with E-state index < -0.39 is 26.5 Å². The van der Waals surface area contributed by atoms with Crippen LogP contribution in [0.5, 0.6) is 0 Å². The van der Waals surface area contributed by atoms with E-state index in [1.807, 2.05) is 0 Å². The molecular weight excluding hydrogens is 409 g/mol. The third-order valence-corrected chi connectivity index (χ3v) is 5.37. The lowest BCUT2D eigenvalue weighted by atomic mass is 10.1. The highest BCUT2D eigenvalue weighted by Crippen LogP contribution is 2.42. The summed E-state index contributed by atoms with van der Waals surface area (Å²) in [6.45, 7) is 1.40. The Kier molecular flexibility index (Phi) is 19.6. The van der Waals surface area contributed by atoms with Crippen molar-refractivity contribution in [3.63, 3.8) is 0 Å². The Hall–Kier alpha value is -0.760. The molecule has 9 heteroatoms. The Labute approximate surface area is 181 Å². The Morgan fingerprint density at radius 3 is 2.20 bits per heavy atom. The van der Waals surface area contributed by atoms with Gasteiger partial charge >= 0.3 is 13.8 Å². The van der Waals surface area contributed by atoms with E-state index in [2.05, 4.69) is 28.1 Å². The molecule has 0 radical (unpaired) electrons. The highest BCUT2D eigenvalue weighted by molar-refractivity contribution is 7.47. The number of hydrogen-bond acceptors (Lipinski definition) is 7. The van der Waals surface area contributed by atoms with Gasteiger partial charge in [-0.2, -0.15) is 0 Å². The maximum atomic E-state index is 11.7. The molecule has 0 aliphatic heterocycles. The lowest BCUT2D eigenvalue weighted by molar-refractivity contribution is -0.147. The lowest BCUT2D eigenvalue weighted by Gasteiger charge is -2.15. The van der Waals surface area contributed by atoms with Crippen molar-refractivity contribution in [1.29, 1.82) is 0 Å². The topological polar surface area (TPSA) is 128 Å². The number of phosphoric acid groups is 1. The lowest BCUT2D eigenvalue weighted by Crippen LogP contribution is -2.23. The molecule has 0 amide bonds. The number of rotatable bonds is 21. The van der Waals surface area contributed by atoms with Crippen molar-refractivity contribution in [2.45, 2.75) is 90.1 Å². The summed E-state index contributed by atoms with van der Waals surface area (Å²) in [4.78, 5) is 21.0. The number of hydrogen-bond donors (Lipinski definition) is 3. The summed E-state index contributed by atoms with van der Waals surface area (Å²) in [5.74, 6) is -0.397. The van der Waals surface area contributed by atoms with Crippen molar-refractivity contribution in [2.75, 3.05) is 26.4 Å². The summed E-state index contributed by atoms with van der Waals surface area (Å²) >= 11 is 0. The second-order valence-corrected chi connectivity index (χ2v) is 8.80. The van der Waals surface area contributed by atoms with E-state index in [0.717, 1.165) is 32.1 Å². The first-order valence-corrected chi connectivity index (χ1v) is 12.7. The van der Waals surface area contributed by atoms with Gasteiger partial charge in [0.25, 0.3) is 0 Å². The molecule has 0 fully saturated rings. The molecule has 2 unspecified atom stereocenters. The number of allylic oxidation sites excluding steroid dienone is 2. The van der Waals surface area contributed by atoms with Crippen LogP contribution in [0.4, 0.5) is 0 Å². The molecule has 0 aromatic heterocycles. The monoisotopic (exact) mass is 451 g/mol. The highest BCUT2D eigenvalue weighted by atomic mass is 31.2. The molecule has 0 saturated heterocycles. The van der Waals surface area contributed by atoms with E-state index >= 15 is 0 Å². The molecule has 2 atom stereocenters. The predicted octanol–water partition coefficient (Wildman–Crippen LogP) is 4.24. The number of ether oxygens (including phenoxy) is 1. The van der Waals surface area contributed by atoms with Gasteiger partial charge in [-0.25, -0.2) is 4.57 Å². The number of nitrogens with two attached hydrogens (primary N) is 1. The SMILES string of the molecule is CCCCCCC=CCCCCCCCC(=O)OCC(O)COP(=O)(O)OCCN. The molecule has 0 aliphatic rings. The second-order valence-electron chi connectivity index (χ2n) is 7.35. The van der Waals surface area contributed by atoms with E-state index in [0.29, 0.717) is 6.42 Å². The molecule has 178 valence electrons. The Bertz CT molecular complexity index is 488. The quantitative estimate of drug-likeness (QED) is 0.102. The average Bonchev–Trinajstić information content (AvgIpc) is 2.72. The molecule has 0 aromatic rings. The van der Waals surface area contributed by atoms with Gasteiger partial charge in [0.1, 0.15) is 12.7 Å². The zero-order chi connectivity index (χ0) is 22.5. The van der Waals surface area contributed by atoms with E-state index in [-0.39, 0.29) is 19.8 Å². The summed E-state index contributed by atoms with van der Waals surface area (Å²) in [5, 5.41) is 9.65. The minimum atomic E-state index is -4.24. The summed E-state index contributed by atoms with van der Waals surface area (Å²) < 4.78 is 25.5. The summed E-state index contributed by atoms with van der Waals surface area (Å²) in [7, 11) is -4.24. The van der Waals surface area contributed by atoms with Crippen molar-refractivity contribution in [3.8, 4) is 0 Å². The number of carbonyl (C=O) groups is 1. The molecule has 8 nitrogen and oxygen atoms in total. The maximum Gasteiger partial charge on any atom is 0.472 e. The number of aliphatic hydroxyl groups is 1. The van der Waals surface area contributed by atoms with Crippen LogP contribution in [-0.2, 0) is 23.1 Å². The molecule has 0 aliphatic carbocycles. The Balaban J connectivity index is 3.52. The van der Waals surface area contributed by atoms with Crippen LogP contribution >= 0.6 is 7.82 Å². The Morgan fingerprint density at radius 2 is 1.57 bits per heavy atom. The molecule has 0 spiro atoms. The highest BCUT2D eigenvalue weighted by Gasteiger charge is 2.22. The Morgan fingerprint density at radius 1 is 0.967 bits per heavy atom. The molecule has 0 bridgehead atoms. The smallest absolute Gasteiger partial charge is 0.463 e. The predicted molar refractivity (Wildman–Crippen MR) is 118 cm³/mol. The zero-order valence-electron chi connectivity index (χ0n) is 18.5. The number of aliphatic hydroxyl groups excluding tert-OH is 1. The molecular formula is C21H42NO7P. The third-order valence-electron chi connectivity index (χ3n) is 4.38. The second kappa shape index (κ2) is 20.2. The van der Waals surface area contributed by atoms with Crippen molar-refractivity contribution in [2.24, 2.45) is 5.73 Å². The molecule has 0 heterocycles. The van der Waals surface area contributed by atoms with E-state index in [9.17, 15) is 19.4 Å². The summed E-state index contributed by atoms with van der Waals surface area (Å²) in [6.07, 6.45) is 16.3. The normalized spacial score (nSPS) is 14.7. The van der Waals surface area contributed by atoms with Gasteiger partial charge in [0.05, 0.1) is 13.2 Å². The van der Waals surface area contributed by atoms with Gasteiger partial charge < -0.3 is 20.5 Å². The minimum Gasteiger partial charge on any atom is -0.463 e. The van der Waals surface area contributed by atoms with Crippen LogP contribution in [0.1, 0.15) is 84.0 Å². The average molecular weight is 452 g/mol. The van der Waals surface area contributed by atoms with Gasteiger partial charge in [-0.3, -0.25) is 13.8 Å². The van der Waals surface area contributed by atoms with Gasteiger partial charge in [0, 0.05) is 13.0 Å². The van der Waals surface area contributed by atoms with Gasteiger partial charge in [-0.15, -0.1) is 0 Å². The van der Waals surface area contributed by atoms with E-state index in [4.69, 9.17) is 10.5 Å². The first-order valence-electron chi connectivity index (χ1n) is 11.2. The van der Waals surface area contributed by atoms with E-state index in [1.54, 1.807) is 0 Å². The van der Waals surface area contributed by atoms with Crippen LogP contribution < -0.4 is 5.73 Å².